The number of aliphatic imine (C=N–C) groups is 1. The van der Waals surface area contributed by atoms with E-state index in [2.05, 4.69) is 48.9 Å². The Balaban J connectivity index is 2.01. The van der Waals surface area contributed by atoms with Gasteiger partial charge in [-0.1, -0.05) is 31.2 Å². The van der Waals surface area contributed by atoms with Gasteiger partial charge in [0.1, 0.15) is 12.4 Å². The molecule has 2 aromatic carbocycles. The minimum atomic E-state index is 0.593. The van der Waals surface area contributed by atoms with Gasteiger partial charge < -0.3 is 9.64 Å². The Morgan fingerprint density at radius 2 is 1.87 bits per heavy atom. The molecule has 0 aliphatic carbocycles. The summed E-state index contributed by atoms with van der Waals surface area (Å²) in [4.78, 5) is 6.60. The highest BCUT2D eigenvalue weighted by Gasteiger charge is 2.03. The summed E-state index contributed by atoms with van der Waals surface area (Å²) in [5.74, 6) is 0.911. The van der Waals surface area contributed by atoms with Crippen molar-refractivity contribution >= 4 is 12.0 Å². The van der Waals surface area contributed by atoms with E-state index in [1.54, 1.807) is 0 Å². The number of benzene rings is 2. The Labute approximate surface area is 139 Å². The van der Waals surface area contributed by atoms with Crippen molar-refractivity contribution in [2.45, 2.75) is 33.8 Å². The number of rotatable bonds is 7. The van der Waals surface area contributed by atoms with Gasteiger partial charge in [0.05, 0.1) is 12.0 Å². The quantitative estimate of drug-likeness (QED) is 0.537. The first-order valence-corrected chi connectivity index (χ1v) is 8.12. The predicted molar refractivity (Wildman–Crippen MR) is 97.8 cm³/mol. The van der Waals surface area contributed by atoms with E-state index in [4.69, 9.17) is 4.74 Å². The van der Waals surface area contributed by atoms with Gasteiger partial charge in [0.25, 0.3) is 0 Å². The molecule has 3 heteroatoms. The smallest absolute Gasteiger partial charge is 0.122 e. The molecule has 0 unspecified atom stereocenters. The molecule has 0 radical (unpaired) electrons. The lowest BCUT2D eigenvalue weighted by Crippen LogP contribution is -2.16. The Kier molecular flexibility index (Phi) is 6.21. The van der Waals surface area contributed by atoms with Crippen molar-refractivity contribution in [1.29, 1.82) is 0 Å². The molecule has 0 aliphatic heterocycles. The minimum absolute atomic E-state index is 0.593. The summed E-state index contributed by atoms with van der Waals surface area (Å²) in [6, 6.07) is 14.4. The van der Waals surface area contributed by atoms with Crippen molar-refractivity contribution in [2.75, 3.05) is 13.6 Å². The zero-order valence-electron chi connectivity index (χ0n) is 14.5. The first-order valence-electron chi connectivity index (χ1n) is 8.12. The minimum Gasteiger partial charge on any atom is -0.489 e. The molecule has 0 amide bonds. The second-order valence-corrected chi connectivity index (χ2v) is 5.89. The van der Waals surface area contributed by atoms with E-state index in [1.807, 2.05) is 37.7 Å². The fourth-order valence-electron chi connectivity index (χ4n) is 2.38. The first-order chi connectivity index (χ1) is 11.1. The van der Waals surface area contributed by atoms with Gasteiger partial charge in [-0.25, -0.2) is 4.99 Å². The molecule has 0 fully saturated rings. The van der Waals surface area contributed by atoms with Crippen LogP contribution in [-0.4, -0.2) is 24.8 Å². The zero-order valence-corrected chi connectivity index (χ0v) is 14.5. The van der Waals surface area contributed by atoms with E-state index in [0.29, 0.717) is 6.61 Å². The fraction of sp³-hybridized carbons (Fsp3) is 0.350. The highest BCUT2D eigenvalue weighted by molar-refractivity contribution is 5.62. The molecule has 0 N–H and O–H groups in total. The summed E-state index contributed by atoms with van der Waals surface area (Å²) in [7, 11) is 2.04. The van der Waals surface area contributed by atoms with Crippen LogP contribution < -0.4 is 4.74 Å². The zero-order chi connectivity index (χ0) is 16.7. The number of hydrogen-bond acceptors (Lipinski definition) is 2. The molecule has 0 aromatic heterocycles. The molecule has 0 aliphatic rings. The average molecular weight is 310 g/mol. The summed E-state index contributed by atoms with van der Waals surface area (Å²) in [6.45, 7) is 7.93. The Bertz CT molecular complexity index is 664. The van der Waals surface area contributed by atoms with Crippen LogP contribution in [0.4, 0.5) is 5.69 Å². The molecule has 23 heavy (non-hydrogen) atoms. The van der Waals surface area contributed by atoms with Crippen LogP contribution in [0.3, 0.4) is 0 Å². The number of hydrogen-bond donors (Lipinski definition) is 0. The van der Waals surface area contributed by atoms with Crippen LogP contribution in [0.1, 0.15) is 30.0 Å². The highest BCUT2D eigenvalue weighted by atomic mass is 16.5. The van der Waals surface area contributed by atoms with Crippen molar-refractivity contribution in [3.05, 3.63) is 59.2 Å². The van der Waals surface area contributed by atoms with Crippen LogP contribution in [0, 0.1) is 13.8 Å². The molecule has 0 heterocycles. The largest absolute Gasteiger partial charge is 0.489 e. The van der Waals surface area contributed by atoms with Gasteiger partial charge in [-0.2, -0.15) is 0 Å². The van der Waals surface area contributed by atoms with Crippen molar-refractivity contribution in [1.82, 2.24) is 4.90 Å². The SMILES string of the molecule is CCCN(C)C=Nc1ccc(OCc2ccccc2C)c(C)c1. The van der Waals surface area contributed by atoms with Gasteiger partial charge in [-0.05, 0) is 55.2 Å². The number of ether oxygens (including phenoxy) is 1. The van der Waals surface area contributed by atoms with E-state index >= 15 is 0 Å². The molecule has 0 saturated heterocycles. The Morgan fingerprint density at radius 3 is 2.57 bits per heavy atom. The molecular formula is C20H26N2O. The van der Waals surface area contributed by atoms with Crippen LogP contribution in [0.15, 0.2) is 47.5 Å². The molecule has 2 aromatic rings. The predicted octanol–water partition coefficient (Wildman–Crippen LogP) is 4.88. The monoisotopic (exact) mass is 310 g/mol. The van der Waals surface area contributed by atoms with Crippen molar-refractivity contribution < 1.29 is 4.74 Å². The van der Waals surface area contributed by atoms with Crippen LogP contribution >= 0.6 is 0 Å². The Hall–Kier alpha value is -2.29. The normalized spacial score (nSPS) is 11.0. The third kappa shape index (κ3) is 5.13. The van der Waals surface area contributed by atoms with Crippen molar-refractivity contribution in [3.63, 3.8) is 0 Å². The van der Waals surface area contributed by atoms with Gasteiger partial charge in [0, 0.05) is 13.6 Å². The van der Waals surface area contributed by atoms with E-state index in [-0.39, 0.29) is 0 Å². The number of nitrogens with zero attached hydrogens (tertiary/aromatic N) is 2. The van der Waals surface area contributed by atoms with E-state index < -0.39 is 0 Å². The topological polar surface area (TPSA) is 24.8 Å². The van der Waals surface area contributed by atoms with Gasteiger partial charge >= 0.3 is 0 Å². The molecule has 0 spiro atoms. The summed E-state index contributed by atoms with van der Waals surface area (Å²) in [5, 5.41) is 0. The van der Waals surface area contributed by atoms with E-state index in [9.17, 15) is 0 Å². The van der Waals surface area contributed by atoms with Crippen molar-refractivity contribution in [3.8, 4) is 5.75 Å². The van der Waals surface area contributed by atoms with Crippen LogP contribution in [0.5, 0.6) is 5.75 Å². The van der Waals surface area contributed by atoms with E-state index in [1.165, 1.54) is 11.1 Å². The van der Waals surface area contributed by atoms with Gasteiger partial charge in [-0.3, -0.25) is 0 Å². The van der Waals surface area contributed by atoms with Crippen LogP contribution in [-0.2, 0) is 6.61 Å². The third-order valence-corrected chi connectivity index (χ3v) is 3.78. The lowest BCUT2D eigenvalue weighted by molar-refractivity contribution is 0.303. The van der Waals surface area contributed by atoms with Crippen LogP contribution in [0.2, 0.25) is 0 Å². The Morgan fingerprint density at radius 1 is 1.09 bits per heavy atom. The molecular weight excluding hydrogens is 284 g/mol. The fourth-order valence-corrected chi connectivity index (χ4v) is 2.38. The lowest BCUT2D eigenvalue weighted by Gasteiger charge is -2.12. The third-order valence-electron chi connectivity index (χ3n) is 3.78. The lowest BCUT2D eigenvalue weighted by atomic mass is 10.1. The highest BCUT2D eigenvalue weighted by Crippen LogP contribution is 2.24. The maximum atomic E-state index is 5.96. The number of aryl methyl sites for hydroxylation is 2. The summed E-state index contributed by atoms with van der Waals surface area (Å²) in [6.07, 6.45) is 3.00. The maximum absolute atomic E-state index is 5.96. The maximum Gasteiger partial charge on any atom is 0.122 e. The van der Waals surface area contributed by atoms with Gasteiger partial charge in [0.2, 0.25) is 0 Å². The van der Waals surface area contributed by atoms with Gasteiger partial charge in [-0.15, -0.1) is 0 Å². The van der Waals surface area contributed by atoms with E-state index in [0.717, 1.165) is 30.0 Å². The molecule has 122 valence electrons. The molecule has 0 saturated carbocycles. The second-order valence-electron chi connectivity index (χ2n) is 5.89. The summed E-state index contributed by atoms with van der Waals surface area (Å²) >= 11 is 0. The summed E-state index contributed by atoms with van der Waals surface area (Å²) < 4.78 is 5.96. The summed E-state index contributed by atoms with van der Waals surface area (Å²) in [5.41, 5.74) is 4.53. The van der Waals surface area contributed by atoms with Crippen LogP contribution in [0.25, 0.3) is 0 Å². The van der Waals surface area contributed by atoms with Gasteiger partial charge in [0.15, 0.2) is 0 Å². The second kappa shape index (κ2) is 8.37. The first kappa shape index (κ1) is 17.1. The molecule has 0 bridgehead atoms. The molecule has 2 rings (SSSR count). The standard InChI is InChI=1S/C20H26N2O/c1-5-12-22(4)15-21-19-10-11-20(17(3)13-19)23-14-18-9-7-6-8-16(18)2/h6-11,13,15H,5,12,14H2,1-4H3. The molecule has 3 nitrogen and oxygen atoms in total. The average Bonchev–Trinajstić information content (AvgIpc) is 2.54. The molecule has 0 atom stereocenters. The van der Waals surface area contributed by atoms with Crippen molar-refractivity contribution in [2.24, 2.45) is 4.99 Å².